The van der Waals surface area contributed by atoms with Gasteiger partial charge in [-0.1, -0.05) is 6.07 Å². The van der Waals surface area contributed by atoms with Crippen LogP contribution in [-0.2, 0) is 19.1 Å². The third kappa shape index (κ3) is 3.43. The number of nitrogens with zero attached hydrogens (tertiary/aromatic N) is 1. The van der Waals surface area contributed by atoms with Crippen molar-refractivity contribution >= 4 is 35.4 Å². The highest BCUT2D eigenvalue weighted by atomic mass is 32.2. The number of carbonyl (C=O) groups is 3. The Morgan fingerprint density at radius 1 is 1.26 bits per heavy atom. The first-order valence-corrected chi connectivity index (χ1v) is 10.4. The Balaban J connectivity index is 1.23. The molecule has 0 saturated carbocycles. The van der Waals surface area contributed by atoms with Crippen LogP contribution in [0.5, 0.6) is 0 Å². The fraction of sp³-hybridized carbons (Fsp3) is 0.526. The van der Waals surface area contributed by atoms with Gasteiger partial charge in [0, 0.05) is 17.1 Å². The summed E-state index contributed by atoms with van der Waals surface area (Å²) in [6.07, 6.45) is 3.37. The highest BCUT2D eigenvalue weighted by Gasteiger charge is 2.62. The Labute approximate surface area is 161 Å². The molecule has 8 heteroatoms. The van der Waals surface area contributed by atoms with E-state index in [1.54, 1.807) is 17.8 Å². The van der Waals surface area contributed by atoms with Crippen LogP contribution in [0.25, 0.3) is 0 Å². The minimum atomic E-state index is -0.546. The third-order valence-electron chi connectivity index (χ3n) is 5.45. The van der Waals surface area contributed by atoms with Gasteiger partial charge in [0.25, 0.3) is 0 Å². The van der Waals surface area contributed by atoms with Gasteiger partial charge in [-0.3, -0.25) is 19.8 Å². The summed E-state index contributed by atoms with van der Waals surface area (Å²) >= 11 is 1.59. The molecule has 0 spiro atoms. The van der Waals surface area contributed by atoms with Crippen molar-refractivity contribution < 1.29 is 23.9 Å². The van der Waals surface area contributed by atoms with Crippen molar-refractivity contribution in [3.63, 3.8) is 0 Å². The summed E-state index contributed by atoms with van der Waals surface area (Å²) in [6, 6.07) is 7.47. The molecule has 4 rings (SSSR count). The van der Waals surface area contributed by atoms with E-state index in [-0.39, 0.29) is 49.0 Å². The number of imide groups is 1. The van der Waals surface area contributed by atoms with Crippen molar-refractivity contribution in [1.82, 2.24) is 4.90 Å². The number of anilines is 1. The number of amides is 3. The molecular weight excluding hydrogens is 368 g/mol. The summed E-state index contributed by atoms with van der Waals surface area (Å²) in [5.74, 6) is -0.862. The molecule has 3 heterocycles. The summed E-state index contributed by atoms with van der Waals surface area (Å²) in [5.41, 5.74) is 0.667. The van der Waals surface area contributed by atoms with Crippen LogP contribution in [0.2, 0.25) is 0 Å². The SMILES string of the molecule is CSc1cccc(NC(=O)OCCCN2C(=O)C3C4CCC(O4)C3C2=O)c1. The van der Waals surface area contributed by atoms with Crippen LogP contribution in [0, 0.1) is 11.8 Å². The van der Waals surface area contributed by atoms with Crippen molar-refractivity contribution in [2.45, 2.75) is 36.4 Å². The molecule has 0 aliphatic carbocycles. The lowest BCUT2D eigenvalue weighted by atomic mass is 9.81. The number of thioether (sulfide) groups is 1. The zero-order valence-electron chi connectivity index (χ0n) is 15.1. The lowest BCUT2D eigenvalue weighted by Crippen LogP contribution is -2.35. The number of rotatable bonds is 6. The number of benzene rings is 1. The van der Waals surface area contributed by atoms with E-state index >= 15 is 0 Å². The zero-order valence-corrected chi connectivity index (χ0v) is 15.9. The average molecular weight is 390 g/mol. The Kier molecular flexibility index (Phi) is 5.10. The first-order chi connectivity index (χ1) is 13.1. The number of carbonyl (C=O) groups excluding carboxylic acids is 3. The predicted octanol–water partition coefficient (Wildman–Crippen LogP) is 2.51. The molecular formula is C19H22N2O5S. The van der Waals surface area contributed by atoms with Crippen molar-refractivity contribution in [3.05, 3.63) is 24.3 Å². The van der Waals surface area contributed by atoms with Gasteiger partial charge in [-0.25, -0.2) is 4.79 Å². The first kappa shape index (κ1) is 18.3. The van der Waals surface area contributed by atoms with Crippen LogP contribution in [0.15, 0.2) is 29.2 Å². The summed E-state index contributed by atoms with van der Waals surface area (Å²) in [5, 5.41) is 2.68. The zero-order chi connectivity index (χ0) is 19.0. The molecule has 0 radical (unpaired) electrons. The fourth-order valence-corrected chi connectivity index (χ4v) is 4.70. The van der Waals surface area contributed by atoms with E-state index < -0.39 is 6.09 Å². The Morgan fingerprint density at radius 2 is 1.96 bits per heavy atom. The summed E-state index contributed by atoms with van der Waals surface area (Å²) in [4.78, 5) is 39.3. The molecule has 1 aromatic rings. The van der Waals surface area contributed by atoms with Gasteiger partial charge in [-0.2, -0.15) is 0 Å². The number of hydrogen-bond acceptors (Lipinski definition) is 6. The van der Waals surface area contributed by atoms with Crippen molar-refractivity contribution in [2.24, 2.45) is 11.8 Å². The highest BCUT2D eigenvalue weighted by molar-refractivity contribution is 7.98. The Hall–Kier alpha value is -2.06. The van der Waals surface area contributed by atoms with Gasteiger partial charge >= 0.3 is 6.09 Å². The quantitative estimate of drug-likeness (QED) is 0.456. The molecule has 3 saturated heterocycles. The molecule has 0 aromatic heterocycles. The standard InChI is InChI=1S/C19H22N2O5S/c1-27-12-5-2-4-11(10-12)20-19(24)25-9-3-8-21-17(22)15-13-6-7-14(26-13)16(15)18(21)23/h2,4-5,10,13-16H,3,6-9H2,1H3,(H,20,24). The number of fused-ring (bicyclic) bond motifs is 5. The maximum absolute atomic E-state index is 12.5. The number of likely N-dealkylation sites (tertiary alicyclic amines) is 1. The molecule has 7 nitrogen and oxygen atoms in total. The van der Waals surface area contributed by atoms with Gasteiger partial charge in [0.1, 0.15) is 0 Å². The molecule has 4 atom stereocenters. The van der Waals surface area contributed by atoms with Crippen LogP contribution in [0.4, 0.5) is 10.5 Å². The van der Waals surface area contributed by atoms with Crippen molar-refractivity contribution in [3.8, 4) is 0 Å². The minimum absolute atomic E-state index is 0.0967. The molecule has 144 valence electrons. The fourth-order valence-electron chi connectivity index (χ4n) is 4.24. The molecule has 3 fully saturated rings. The van der Waals surface area contributed by atoms with E-state index in [1.807, 2.05) is 24.5 Å². The predicted molar refractivity (Wildman–Crippen MR) is 99.4 cm³/mol. The minimum Gasteiger partial charge on any atom is -0.449 e. The Morgan fingerprint density at radius 3 is 2.63 bits per heavy atom. The van der Waals surface area contributed by atoms with Gasteiger partial charge in [0.05, 0.1) is 30.7 Å². The average Bonchev–Trinajstić information content (AvgIpc) is 3.34. The monoisotopic (exact) mass is 390 g/mol. The van der Waals surface area contributed by atoms with E-state index in [1.165, 1.54) is 4.90 Å². The van der Waals surface area contributed by atoms with Gasteiger partial charge < -0.3 is 9.47 Å². The topological polar surface area (TPSA) is 84.9 Å². The van der Waals surface area contributed by atoms with E-state index in [0.29, 0.717) is 12.1 Å². The van der Waals surface area contributed by atoms with Crippen LogP contribution < -0.4 is 5.32 Å². The van der Waals surface area contributed by atoms with Crippen LogP contribution >= 0.6 is 11.8 Å². The molecule has 2 bridgehead atoms. The van der Waals surface area contributed by atoms with Gasteiger partial charge in [0.15, 0.2) is 0 Å². The molecule has 1 aromatic carbocycles. The number of ether oxygens (including phenoxy) is 2. The molecule has 1 N–H and O–H groups in total. The highest BCUT2D eigenvalue weighted by Crippen LogP contribution is 2.48. The summed E-state index contributed by atoms with van der Waals surface area (Å²) in [6.45, 7) is 0.420. The lowest BCUT2D eigenvalue weighted by molar-refractivity contribution is -0.142. The summed E-state index contributed by atoms with van der Waals surface area (Å²) in [7, 11) is 0. The van der Waals surface area contributed by atoms with Gasteiger partial charge in [0.2, 0.25) is 11.8 Å². The van der Waals surface area contributed by atoms with Crippen LogP contribution in [-0.4, -0.2) is 54.4 Å². The first-order valence-electron chi connectivity index (χ1n) is 9.17. The van der Waals surface area contributed by atoms with E-state index in [0.717, 1.165) is 17.7 Å². The maximum atomic E-state index is 12.5. The second-order valence-electron chi connectivity index (χ2n) is 7.02. The van der Waals surface area contributed by atoms with Crippen molar-refractivity contribution in [1.29, 1.82) is 0 Å². The largest absolute Gasteiger partial charge is 0.449 e. The van der Waals surface area contributed by atoms with E-state index in [2.05, 4.69) is 5.32 Å². The van der Waals surface area contributed by atoms with Crippen molar-refractivity contribution in [2.75, 3.05) is 24.7 Å². The van der Waals surface area contributed by atoms with Crippen LogP contribution in [0.3, 0.4) is 0 Å². The maximum Gasteiger partial charge on any atom is 0.411 e. The summed E-state index contributed by atoms with van der Waals surface area (Å²) < 4.78 is 10.9. The molecule has 27 heavy (non-hydrogen) atoms. The number of nitrogens with one attached hydrogen (secondary N) is 1. The van der Waals surface area contributed by atoms with E-state index in [9.17, 15) is 14.4 Å². The molecule has 3 aliphatic rings. The second kappa shape index (κ2) is 7.52. The van der Waals surface area contributed by atoms with Gasteiger partial charge in [-0.15, -0.1) is 11.8 Å². The Bertz CT molecular complexity index is 742. The lowest BCUT2D eigenvalue weighted by Gasteiger charge is -2.17. The number of hydrogen-bond donors (Lipinski definition) is 1. The molecule has 4 unspecified atom stereocenters. The smallest absolute Gasteiger partial charge is 0.411 e. The normalized spacial score (nSPS) is 28.6. The third-order valence-corrected chi connectivity index (χ3v) is 6.18. The van der Waals surface area contributed by atoms with Crippen LogP contribution in [0.1, 0.15) is 19.3 Å². The molecule has 3 amide bonds. The second-order valence-corrected chi connectivity index (χ2v) is 7.90. The van der Waals surface area contributed by atoms with Gasteiger partial charge in [-0.05, 0) is 43.7 Å². The molecule has 3 aliphatic heterocycles. The van der Waals surface area contributed by atoms with E-state index in [4.69, 9.17) is 9.47 Å².